The molecule has 86 valence electrons. The molecule has 0 aliphatic rings. The number of ether oxygens (including phenoxy) is 1. The quantitative estimate of drug-likeness (QED) is 0.457. The van der Waals surface area contributed by atoms with E-state index in [-0.39, 0.29) is 17.8 Å². The predicted molar refractivity (Wildman–Crippen MR) is 52.5 cm³/mol. The predicted octanol–water partition coefficient (Wildman–Crippen LogP) is 0.586. The highest BCUT2D eigenvalue weighted by molar-refractivity contribution is 5.69. The maximum absolute atomic E-state index is 10.9. The van der Waals surface area contributed by atoms with Crippen LogP contribution in [0.1, 0.15) is 18.2 Å². The van der Waals surface area contributed by atoms with Crippen molar-refractivity contribution in [3.8, 4) is 0 Å². The minimum Gasteiger partial charge on any atom is -0.469 e. The van der Waals surface area contributed by atoms with Crippen molar-refractivity contribution < 1.29 is 19.6 Å². The fraction of sp³-hybridized carbons (Fsp3) is 0.333. The van der Waals surface area contributed by atoms with Crippen molar-refractivity contribution in [1.29, 1.82) is 0 Å². The molecule has 0 aliphatic heterocycles. The van der Waals surface area contributed by atoms with Crippen molar-refractivity contribution in [3.63, 3.8) is 0 Å². The van der Waals surface area contributed by atoms with Crippen LogP contribution in [-0.4, -0.2) is 28.1 Å². The molecule has 1 N–H and O–H groups in total. The van der Waals surface area contributed by atoms with Gasteiger partial charge in [-0.05, 0) is 6.07 Å². The van der Waals surface area contributed by atoms with Crippen LogP contribution in [0.5, 0.6) is 0 Å². The zero-order chi connectivity index (χ0) is 12.1. The Balaban J connectivity index is 2.73. The molecule has 1 unspecified atom stereocenters. The van der Waals surface area contributed by atoms with Crippen LogP contribution in [0.15, 0.2) is 18.3 Å². The molecule has 0 bridgehead atoms. The standard InChI is InChI=1S/C9H10N2O5/c1-16-9(13)4-8(12)7-3-2-6(5-10-7)11(14)15/h2-3,5,8,12H,4H2,1H3. The number of methoxy groups -OCH3 is 1. The first kappa shape index (κ1) is 12.1. The summed E-state index contributed by atoms with van der Waals surface area (Å²) in [5, 5.41) is 19.9. The number of aromatic nitrogens is 1. The number of hydrogen-bond acceptors (Lipinski definition) is 6. The van der Waals surface area contributed by atoms with Crippen LogP contribution in [-0.2, 0) is 9.53 Å². The SMILES string of the molecule is COC(=O)CC(O)c1ccc([N+](=O)[O-])cn1. The molecule has 1 aromatic heterocycles. The number of carbonyl (C=O) groups is 1. The highest BCUT2D eigenvalue weighted by Crippen LogP contribution is 2.17. The normalized spacial score (nSPS) is 11.9. The van der Waals surface area contributed by atoms with E-state index < -0.39 is 17.0 Å². The van der Waals surface area contributed by atoms with Crippen molar-refractivity contribution in [2.24, 2.45) is 0 Å². The van der Waals surface area contributed by atoms with E-state index in [9.17, 15) is 20.0 Å². The number of hydrogen-bond donors (Lipinski definition) is 1. The minimum atomic E-state index is -1.12. The molecule has 1 heterocycles. The minimum absolute atomic E-state index is 0.172. The van der Waals surface area contributed by atoms with E-state index in [1.807, 2.05) is 0 Å². The second-order valence-electron chi connectivity index (χ2n) is 2.99. The van der Waals surface area contributed by atoms with Gasteiger partial charge in [-0.25, -0.2) is 0 Å². The topological polar surface area (TPSA) is 103 Å². The van der Waals surface area contributed by atoms with Gasteiger partial charge >= 0.3 is 5.97 Å². The maximum Gasteiger partial charge on any atom is 0.308 e. The molecule has 7 heteroatoms. The van der Waals surface area contributed by atoms with Crippen LogP contribution in [0.2, 0.25) is 0 Å². The van der Waals surface area contributed by atoms with Crippen molar-refractivity contribution in [2.45, 2.75) is 12.5 Å². The lowest BCUT2D eigenvalue weighted by Gasteiger charge is -2.07. The van der Waals surface area contributed by atoms with E-state index in [4.69, 9.17) is 0 Å². The van der Waals surface area contributed by atoms with Gasteiger partial charge in [0, 0.05) is 6.07 Å². The summed E-state index contributed by atoms with van der Waals surface area (Å²) in [5.74, 6) is -0.576. The molecule has 0 radical (unpaired) electrons. The summed E-state index contributed by atoms with van der Waals surface area (Å²) in [6.45, 7) is 0. The van der Waals surface area contributed by atoms with Gasteiger partial charge in [-0.1, -0.05) is 0 Å². The van der Waals surface area contributed by atoms with Gasteiger partial charge in [0.05, 0.1) is 24.1 Å². The molecule has 1 aromatic rings. The second-order valence-corrected chi connectivity index (χ2v) is 2.99. The molecule has 0 saturated heterocycles. The van der Waals surface area contributed by atoms with Crippen molar-refractivity contribution in [3.05, 3.63) is 34.1 Å². The fourth-order valence-corrected chi connectivity index (χ4v) is 1.05. The fourth-order valence-electron chi connectivity index (χ4n) is 1.05. The summed E-state index contributed by atoms with van der Waals surface area (Å²) in [7, 11) is 1.21. The van der Waals surface area contributed by atoms with Crippen LogP contribution in [0.3, 0.4) is 0 Å². The lowest BCUT2D eigenvalue weighted by molar-refractivity contribution is -0.385. The highest BCUT2D eigenvalue weighted by atomic mass is 16.6. The molecule has 0 aliphatic carbocycles. The van der Waals surface area contributed by atoms with Crippen LogP contribution >= 0.6 is 0 Å². The average molecular weight is 226 g/mol. The van der Waals surface area contributed by atoms with E-state index >= 15 is 0 Å². The van der Waals surface area contributed by atoms with E-state index in [0.29, 0.717) is 0 Å². The van der Waals surface area contributed by atoms with Crippen LogP contribution in [0.4, 0.5) is 5.69 Å². The monoisotopic (exact) mass is 226 g/mol. The Morgan fingerprint density at radius 1 is 1.69 bits per heavy atom. The van der Waals surface area contributed by atoms with Crippen molar-refractivity contribution >= 4 is 11.7 Å². The van der Waals surface area contributed by atoms with Crippen molar-refractivity contribution in [1.82, 2.24) is 4.98 Å². The first-order chi connectivity index (χ1) is 7.54. The molecule has 0 aromatic carbocycles. The summed E-state index contributed by atoms with van der Waals surface area (Å²) in [6.07, 6.45) is -0.329. The summed E-state index contributed by atoms with van der Waals surface area (Å²) >= 11 is 0. The molecular formula is C9H10N2O5. The summed E-state index contributed by atoms with van der Waals surface area (Å²) < 4.78 is 4.37. The molecule has 16 heavy (non-hydrogen) atoms. The first-order valence-electron chi connectivity index (χ1n) is 4.40. The molecule has 0 amide bonds. The van der Waals surface area contributed by atoms with Gasteiger partial charge in [0.15, 0.2) is 0 Å². The van der Waals surface area contributed by atoms with Crippen LogP contribution < -0.4 is 0 Å². The third kappa shape index (κ3) is 2.99. The van der Waals surface area contributed by atoms with Gasteiger partial charge in [0.2, 0.25) is 0 Å². The number of esters is 1. The second kappa shape index (κ2) is 5.17. The molecule has 1 rings (SSSR count). The van der Waals surface area contributed by atoms with Gasteiger partial charge in [-0.3, -0.25) is 19.9 Å². The number of pyridine rings is 1. The van der Waals surface area contributed by atoms with Gasteiger partial charge < -0.3 is 9.84 Å². The number of nitro groups is 1. The zero-order valence-electron chi connectivity index (χ0n) is 8.49. The zero-order valence-corrected chi connectivity index (χ0v) is 8.49. The molecular weight excluding hydrogens is 216 g/mol. The van der Waals surface area contributed by atoms with Gasteiger partial charge in [-0.2, -0.15) is 0 Å². The number of aliphatic hydroxyl groups excluding tert-OH is 1. The summed E-state index contributed by atoms with van der Waals surface area (Å²) in [4.78, 5) is 24.3. The number of rotatable bonds is 4. The number of carbonyl (C=O) groups excluding carboxylic acids is 1. The van der Waals surface area contributed by atoms with E-state index in [0.717, 1.165) is 6.20 Å². The van der Waals surface area contributed by atoms with Gasteiger partial charge in [0.1, 0.15) is 12.3 Å². The van der Waals surface area contributed by atoms with Gasteiger partial charge in [-0.15, -0.1) is 0 Å². The third-order valence-corrected chi connectivity index (χ3v) is 1.91. The third-order valence-electron chi connectivity index (χ3n) is 1.91. The molecule has 1 atom stereocenters. The number of nitrogens with zero attached hydrogens (tertiary/aromatic N) is 2. The summed E-state index contributed by atoms with van der Waals surface area (Å²) in [5.41, 5.74) is 0.0185. The van der Waals surface area contributed by atoms with Crippen molar-refractivity contribution in [2.75, 3.05) is 7.11 Å². The average Bonchev–Trinajstić information content (AvgIpc) is 2.28. The van der Waals surface area contributed by atoms with Crippen LogP contribution in [0.25, 0.3) is 0 Å². The molecule has 0 spiro atoms. The number of aliphatic hydroxyl groups is 1. The highest BCUT2D eigenvalue weighted by Gasteiger charge is 2.15. The molecule has 7 nitrogen and oxygen atoms in total. The molecule has 0 fully saturated rings. The van der Waals surface area contributed by atoms with E-state index in [1.54, 1.807) is 0 Å². The van der Waals surface area contributed by atoms with Gasteiger partial charge in [0.25, 0.3) is 5.69 Å². The Morgan fingerprint density at radius 2 is 2.38 bits per heavy atom. The largest absolute Gasteiger partial charge is 0.469 e. The Kier molecular flexibility index (Phi) is 3.90. The van der Waals surface area contributed by atoms with E-state index in [2.05, 4.69) is 9.72 Å². The summed E-state index contributed by atoms with van der Waals surface area (Å²) in [6, 6.07) is 2.51. The van der Waals surface area contributed by atoms with Crippen LogP contribution in [0, 0.1) is 10.1 Å². The Hall–Kier alpha value is -2.02. The maximum atomic E-state index is 10.9. The smallest absolute Gasteiger partial charge is 0.308 e. The Morgan fingerprint density at radius 3 is 2.81 bits per heavy atom. The van der Waals surface area contributed by atoms with E-state index in [1.165, 1.54) is 19.2 Å². The lowest BCUT2D eigenvalue weighted by atomic mass is 10.1. The Bertz CT molecular complexity index is 389. The molecule has 0 saturated carbocycles. The first-order valence-corrected chi connectivity index (χ1v) is 4.40. The lowest BCUT2D eigenvalue weighted by Crippen LogP contribution is -2.09. The Labute approximate surface area is 90.8 Å².